The second-order valence-electron chi connectivity index (χ2n) is 5.41. The summed E-state index contributed by atoms with van der Waals surface area (Å²) < 4.78 is 5.70. The first-order valence-corrected chi connectivity index (χ1v) is 7.64. The molecule has 0 aliphatic carbocycles. The summed E-state index contributed by atoms with van der Waals surface area (Å²) >= 11 is 5.84. The maximum absolute atomic E-state index is 12.1. The van der Waals surface area contributed by atoms with Crippen molar-refractivity contribution in [1.29, 1.82) is 0 Å². The maximum Gasteiger partial charge on any atom is 0.162 e. The van der Waals surface area contributed by atoms with Crippen molar-refractivity contribution in [3.05, 3.63) is 59.1 Å². The Morgan fingerprint density at radius 2 is 1.55 bits per heavy atom. The van der Waals surface area contributed by atoms with Crippen molar-refractivity contribution in [1.82, 2.24) is 4.90 Å². The molecule has 116 valence electrons. The number of nitrogens with zero attached hydrogens (tertiary/aromatic N) is 1. The molecule has 0 amide bonds. The van der Waals surface area contributed by atoms with E-state index in [1.54, 1.807) is 12.1 Å². The van der Waals surface area contributed by atoms with Gasteiger partial charge >= 0.3 is 0 Å². The van der Waals surface area contributed by atoms with Gasteiger partial charge in [0.15, 0.2) is 5.78 Å². The van der Waals surface area contributed by atoms with Crippen molar-refractivity contribution in [3.63, 3.8) is 0 Å². The average molecular weight is 318 g/mol. The second kappa shape index (κ2) is 7.97. The number of hydrogen-bond donors (Lipinski definition) is 0. The number of halogens is 1. The highest BCUT2D eigenvalue weighted by Gasteiger charge is 2.06. The average Bonchev–Trinajstić information content (AvgIpc) is 2.50. The Balaban J connectivity index is 1.92. The van der Waals surface area contributed by atoms with Crippen molar-refractivity contribution in [2.24, 2.45) is 0 Å². The Morgan fingerprint density at radius 3 is 2.09 bits per heavy atom. The molecule has 0 unspecified atom stereocenters. The quantitative estimate of drug-likeness (QED) is 0.696. The summed E-state index contributed by atoms with van der Waals surface area (Å²) in [6.07, 6.45) is 1.43. The van der Waals surface area contributed by atoms with E-state index in [9.17, 15) is 4.79 Å². The summed E-state index contributed by atoms with van der Waals surface area (Å²) in [5, 5.41) is 0.672. The third-order valence-corrected chi connectivity index (χ3v) is 3.49. The first kappa shape index (κ1) is 16.5. The highest BCUT2D eigenvalue weighted by atomic mass is 35.5. The maximum atomic E-state index is 12.1. The van der Waals surface area contributed by atoms with Crippen LogP contribution in [-0.2, 0) is 0 Å². The lowest BCUT2D eigenvalue weighted by Crippen LogP contribution is -2.14. The van der Waals surface area contributed by atoms with Crippen LogP contribution < -0.4 is 4.74 Å². The molecule has 0 heterocycles. The van der Waals surface area contributed by atoms with E-state index in [4.69, 9.17) is 16.3 Å². The number of Topliss-reactive ketones (excluding diaryl/α,β-unsaturated/α-hetero) is 1. The highest BCUT2D eigenvalue weighted by Crippen LogP contribution is 2.23. The molecule has 0 aliphatic rings. The molecule has 22 heavy (non-hydrogen) atoms. The van der Waals surface area contributed by atoms with Crippen LogP contribution in [0.1, 0.15) is 23.2 Å². The lowest BCUT2D eigenvalue weighted by molar-refractivity contribution is 0.0977. The minimum absolute atomic E-state index is 0.167. The van der Waals surface area contributed by atoms with Crippen LogP contribution in [0, 0.1) is 0 Å². The molecular formula is C18H20ClNO2. The van der Waals surface area contributed by atoms with Crippen LogP contribution >= 0.6 is 11.6 Å². The second-order valence-corrected chi connectivity index (χ2v) is 5.85. The highest BCUT2D eigenvalue weighted by molar-refractivity contribution is 6.30. The Morgan fingerprint density at radius 1 is 1.00 bits per heavy atom. The van der Waals surface area contributed by atoms with E-state index in [0.29, 0.717) is 17.2 Å². The smallest absolute Gasteiger partial charge is 0.162 e. The molecular weight excluding hydrogens is 298 g/mol. The predicted octanol–water partition coefficient (Wildman–Crippen LogP) is 4.66. The van der Waals surface area contributed by atoms with E-state index >= 15 is 0 Å². The number of rotatable bonds is 7. The van der Waals surface area contributed by atoms with Crippen molar-refractivity contribution in [2.75, 3.05) is 20.6 Å². The van der Waals surface area contributed by atoms with Crippen LogP contribution in [0.25, 0.3) is 0 Å². The summed E-state index contributed by atoms with van der Waals surface area (Å²) in [7, 11) is 4.01. The van der Waals surface area contributed by atoms with Crippen LogP contribution in [-0.4, -0.2) is 31.3 Å². The van der Waals surface area contributed by atoms with Gasteiger partial charge in [-0.3, -0.25) is 4.79 Å². The summed E-state index contributed by atoms with van der Waals surface area (Å²) in [6.45, 7) is 0.920. The molecule has 0 saturated heterocycles. The Labute approximate surface area is 136 Å². The van der Waals surface area contributed by atoms with Gasteiger partial charge in [-0.15, -0.1) is 0 Å². The fraction of sp³-hybridized carbons (Fsp3) is 0.278. The summed E-state index contributed by atoms with van der Waals surface area (Å²) in [5.74, 6) is 1.58. The number of benzene rings is 2. The largest absolute Gasteiger partial charge is 0.457 e. The minimum Gasteiger partial charge on any atom is -0.457 e. The van der Waals surface area contributed by atoms with Crippen molar-refractivity contribution in [3.8, 4) is 11.5 Å². The van der Waals surface area contributed by atoms with Crippen LogP contribution in [0.5, 0.6) is 11.5 Å². The van der Waals surface area contributed by atoms with Crippen molar-refractivity contribution < 1.29 is 9.53 Å². The molecule has 0 aromatic heterocycles. The fourth-order valence-electron chi connectivity index (χ4n) is 2.05. The van der Waals surface area contributed by atoms with Crippen LogP contribution in [0.3, 0.4) is 0 Å². The zero-order chi connectivity index (χ0) is 15.9. The van der Waals surface area contributed by atoms with E-state index in [2.05, 4.69) is 4.90 Å². The van der Waals surface area contributed by atoms with Gasteiger partial charge < -0.3 is 9.64 Å². The molecule has 2 aromatic rings. The predicted molar refractivity (Wildman–Crippen MR) is 90.1 cm³/mol. The standard InChI is InChI=1S/C18H20ClNO2/c1-20(2)13-3-4-18(21)14-5-9-16(10-6-14)22-17-11-7-15(19)8-12-17/h5-12H,3-4,13H2,1-2H3. The Bertz CT molecular complexity index is 606. The number of ether oxygens (including phenoxy) is 1. The van der Waals surface area contributed by atoms with E-state index in [1.807, 2.05) is 50.5 Å². The van der Waals surface area contributed by atoms with Gasteiger partial charge in [-0.1, -0.05) is 11.6 Å². The molecule has 0 radical (unpaired) electrons. The number of carbonyl (C=O) groups is 1. The van der Waals surface area contributed by atoms with Gasteiger partial charge in [0.05, 0.1) is 0 Å². The molecule has 3 nitrogen and oxygen atoms in total. The topological polar surface area (TPSA) is 29.5 Å². The normalized spacial score (nSPS) is 10.7. The Kier molecular flexibility index (Phi) is 5.99. The van der Waals surface area contributed by atoms with Gasteiger partial charge in [-0.25, -0.2) is 0 Å². The summed E-state index contributed by atoms with van der Waals surface area (Å²) in [5.41, 5.74) is 0.724. The number of carbonyl (C=O) groups excluding carboxylic acids is 1. The molecule has 0 atom stereocenters. The minimum atomic E-state index is 0.167. The third-order valence-electron chi connectivity index (χ3n) is 3.23. The zero-order valence-electron chi connectivity index (χ0n) is 12.9. The number of ketones is 1. The lowest BCUT2D eigenvalue weighted by Gasteiger charge is -2.09. The van der Waals surface area contributed by atoms with Gasteiger partial charge in [0.1, 0.15) is 11.5 Å². The molecule has 0 fully saturated rings. The molecule has 0 saturated carbocycles. The Hall–Kier alpha value is -1.84. The molecule has 0 N–H and O–H groups in total. The summed E-state index contributed by atoms with van der Waals surface area (Å²) in [4.78, 5) is 14.1. The van der Waals surface area contributed by atoms with E-state index in [-0.39, 0.29) is 5.78 Å². The summed E-state index contributed by atoms with van der Waals surface area (Å²) in [6, 6.07) is 14.4. The first-order chi connectivity index (χ1) is 10.5. The van der Waals surface area contributed by atoms with Crippen molar-refractivity contribution in [2.45, 2.75) is 12.8 Å². The van der Waals surface area contributed by atoms with Crippen molar-refractivity contribution >= 4 is 17.4 Å². The van der Waals surface area contributed by atoms with Gasteiger partial charge in [0.25, 0.3) is 0 Å². The lowest BCUT2D eigenvalue weighted by atomic mass is 10.1. The third kappa shape index (κ3) is 5.17. The van der Waals surface area contributed by atoms with Crippen LogP contribution in [0.15, 0.2) is 48.5 Å². The first-order valence-electron chi connectivity index (χ1n) is 7.26. The number of hydrogen-bond acceptors (Lipinski definition) is 3. The fourth-order valence-corrected chi connectivity index (χ4v) is 2.17. The van der Waals surface area contributed by atoms with Gasteiger partial charge in [-0.2, -0.15) is 0 Å². The molecule has 2 aromatic carbocycles. The van der Waals surface area contributed by atoms with Crippen LogP contribution in [0.4, 0.5) is 0 Å². The zero-order valence-corrected chi connectivity index (χ0v) is 13.6. The van der Waals surface area contributed by atoms with Gasteiger partial charge in [0, 0.05) is 17.0 Å². The van der Waals surface area contributed by atoms with Gasteiger partial charge in [-0.05, 0) is 75.6 Å². The van der Waals surface area contributed by atoms with E-state index < -0.39 is 0 Å². The molecule has 0 aliphatic heterocycles. The molecule has 0 bridgehead atoms. The monoisotopic (exact) mass is 317 g/mol. The molecule has 4 heteroatoms. The molecule has 0 spiro atoms. The SMILES string of the molecule is CN(C)CCCC(=O)c1ccc(Oc2ccc(Cl)cc2)cc1. The van der Waals surface area contributed by atoms with Crippen LogP contribution in [0.2, 0.25) is 5.02 Å². The van der Waals surface area contributed by atoms with Gasteiger partial charge in [0.2, 0.25) is 0 Å². The van der Waals surface area contributed by atoms with E-state index in [1.165, 1.54) is 0 Å². The van der Waals surface area contributed by atoms with E-state index in [0.717, 1.165) is 24.3 Å². The molecule has 2 rings (SSSR count).